The number of nitrogens with zero attached hydrogens (tertiary/aromatic N) is 3. The van der Waals surface area contributed by atoms with Crippen LogP contribution in [0.5, 0.6) is 0 Å². The van der Waals surface area contributed by atoms with Crippen LogP contribution in [0.3, 0.4) is 0 Å². The Balaban J connectivity index is 2.60. The molecule has 0 radical (unpaired) electrons. The highest BCUT2D eigenvalue weighted by atomic mass is 19.3. The molecule has 0 aliphatic carbocycles. The lowest BCUT2D eigenvalue weighted by atomic mass is 10.4. The van der Waals surface area contributed by atoms with E-state index in [9.17, 15) is 8.78 Å². The molecule has 2 aromatic heterocycles. The van der Waals surface area contributed by atoms with Crippen molar-refractivity contribution in [3.8, 4) is 0 Å². The van der Waals surface area contributed by atoms with Crippen molar-refractivity contribution in [1.29, 1.82) is 0 Å². The summed E-state index contributed by atoms with van der Waals surface area (Å²) in [6.07, 6.45) is 0.510. The third kappa shape index (κ3) is 1.03. The second-order valence-corrected chi connectivity index (χ2v) is 2.29. The average molecular weight is 169 g/mol. The number of fused-ring (bicyclic) bond motifs is 1. The average Bonchev–Trinajstić information content (AvgIpc) is 2.49. The van der Waals surface area contributed by atoms with Gasteiger partial charge in [0.05, 0.1) is 0 Å². The van der Waals surface area contributed by atoms with Gasteiger partial charge >= 0.3 is 0 Å². The van der Waals surface area contributed by atoms with Crippen LogP contribution in [0.1, 0.15) is 12.1 Å². The molecule has 0 atom stereocenters. The van der Waals surface area contributed by atoms with Gasteiger partial charge in [-0.1, -0.05) is 0 Å². The molecule has 5 heteroatoms. The molecule has 0 spiro atoms. The van der Waals surface area contributed by atoms with Crippen molar-refractivity contribution in [2.24, 2.45) is 0 Å². The lowest BCUT2D eigenvalue weighted by molar-refractivity contribution is 0.144. The van der Waals surface area contributed by atoms with E-state index in [1.165, 1.54) is 29.0 Å². The maximum Gasteiger partial charge on any atom is 0.282 e. The van der Waals surface area contributed by atoms with Crippen LogP contribution >= 0.6 is 0 Å². The Hall–Kier alpha value is -1.52. The minimum absolute atomic E-state index is 0.236. The van der Waals surface area contributed by atoms with Gasteiger partial charge in [0.1, 0.15) is 5.69 Å². The number of hydrogen-bond acceptors (Lipinski definition) is 2. The summed E-state index contributed by atoms with van der Waals surface area (Å²) in [5.74, 6) is 0. The first kappa shape index (κ1) is 7.15. The Morgan fingerprint density at radius 2 is 2.17 bits per heavy atom. The Kier molecular flexibility index (Phi) is 1.49. The fourth-order valence-electron chi connectivity index (χ4n) is 0.946. The first-order valence-electron chi connectivity index (χ1n) is 3.36. The number of rotatable bonds is 1. The normalized spacial score (nSPS) is 11.2. The van der Waals surface area contributed by atoms with Crippen LogP contribution in [0.25, 0.3) is 5.65 Å². The van der Waals surface area contributed by atoms with E-state index in [-0.39, 0.29) is 5.69 Å². The molecule has 12 heavy (non-hydrogen) atoms. The number of imidazole rings is 1. The summed E-state index contributed by atoms with van der Waals surface area (Å²) in [6, 6.07) is 2.78. The highest BCUT2D eigenvalue weighted by Crippen LogP contribution is 2.15. The number of aromatic nitrogens is 3. The van der Waals surface area contributed by atoms with E-state index < -0.39 is 6.43 Å². The summed E-state index contributed by atoms with van der Waals surface area (Å²) < 4.78 is 25.5. The molecule has 0 unspecified atom stereocenters. The number of halogens is 2. The molecule has 0 aliphatic heterocycles. The summed E-state index contributed by atoms with van der Waals surface area (Å²) in [6.45, 7) is 0. The topological polar surface area (TPSA) is 30.2 Å². The minimum Gasteiger partial charge on any atom is -0.236 e. The molecule has 0 fully saturated rings. The third-order valence-corrected chi connectivity index (χ3v) is 1.50. The molecule has 0 saturated carbocycles. The Morgan fingerprint density at radius 3 is 2.92 bits per heavy atom. The smallest absolute Gasteiger partial charge is 0.236 e. The lowest BCUT2D eigenvalue weighted by Gasteiger charge is -1.97. The third-order valence-electron chi connectivity index (χ3n) is 1.50. The van der Waals surface area contributed by atoms with Gasteiger partial charge < -0.3 is 0 Å². The van der Waals surface area contributed by atoms with Gasteiger partial charge in [-0.15, -0.1) is 0 Å². The van der Waals surface area contributed by atoms with Gasteiger partial charge in [-0.3, -0.25) is 0 Å². The van der Waals surface area contributed by atoms with Crippen molar-refractivity contribution in [1.82, 2.24) is 14.6 Å². The molecule has 62 valence electrons. The monoisotopic (exact) mass is 169 g/mol. The molecular formula is C7H5F2N3. The standard InChI is InChI=1S/C7H5F2N3/c8-7(9)5-1-2-6-10-3-4-12(6)11-5/h1-4,7H. The van der Waals surface area contributed by atoms with Crippen molar-refractivity contribution in [3.05, 3.63) is 30.2 Å². The van der Waals surface area contributed by atoms with E-state index in [1.54, 1.807) is 0 Å². The van der Waals surface area contributed by atoms with E-state index in [0.717, 1.165) is 0 Å². The summed E-state index contributed by atoms with van der Waals surface area (Å²) in [5, 5.41) is 3.64. The van der Waals surface area contributed by atoms with Crippen molar-refractivity contribution in [2.45, 2.75) is 6.43 Å². The first-order chi connectivity index (χ1) is 5.77. The molecule has 2 aromatic rings. The van der Waals surface area contributed by atoms with Gasteiger partial charge in [0.15, 0.2) is 5.65 Å². The molecule has 2 rings (SSSR count). The fourth-order valence-corrected chi connectivity index (χ4v) is 0.946. The first-order valence-corrected chi connectivity index (χ1v) is 3.36. The second kappa shape index (κ2) is 2.51. The number of hydrogen-bond donors (Lipinski definition) is 0. The zero-order chi connectivity index (χ0) is 8.55. The Bertz CT molecular complexity index is 396. The van der Waals surface area contributed by atoms with Gasteiger partial charge in [-0.2, -0.15) is 5.10 Å². The molecule has 0 aromatic carbocycles. The fraction of sp³-hybridized carbons (Fsp3) is 0.143. The predicted molar refractivity (Wildman–Crippen MR) is 37.9 cm³/mol. The second-order valence-electron chi connectivity index (χ2n) is 2.29. The van der Waals surface area contributed by atoms with Crippen LogP contribution in [0.2, 0.25) is 0 Å². The highest BCUT2D eigenvalue weighted by molar-refractivity contribution is 5.36. The van der Waals surface area contributed by atoms with Crippen LogP contribution in [-0.2, 0) is 0 Å². The number of alkyl halides is 2. The Morgan fingerprint density at radius 1 is 1.33 bits per heavy atom. The van der Waals surface area contributed by atoms with E-state index in [4.69, 9.17) is 0 Å². The minimum atomic E-state index is -2.53. The molecule has 3 nitrogen and oxygen atoms in total. The largest absolute Gasteiger partial charge is 0.282 e. The summed E-state index contributed by atoms with van der Waals surface area (Å²) in [5.41, 5.74) is 0.333. The molecule has 0 aliphatic rings. The quantitative estimate of drug-likeness (QED) is 0.649. The predicted octanol–water partition coefficient (Wildman–Crippen LogP) is 1.67. The molecule has 0 bridgehead atoms. The van der Waals surface area contributed by atoms with E-state index >= 15 is 0 Å². The van der Waals surface area contributed by atoms with Crippen LogP contribution in [0, 0.1) is 0 Å². The van der Waals surface area contributed by atoms with Crippen molar-refractivity contribution in [3.63, 3.8) is 0 Å². The highest BCUT2D eigenvalue weighted by Gasteiger charge is 2.08. The van der Waals surface area contributed by atoms with E-state index in [0.29, 0.717) is 5.65 Å². The van der Waals surface area contributed by atoms with Crippen molar-refractivity contribution in [2.75, 3.05) is 0 Å². The van der Waals surface area contributed by atoms with Gasteiger partial charge in [0, 0.05) is 12.4 Å². The van der Waals surface area contributed by atoms with Crippen molar-refractivity contribution < 1.29 is 8.78 Å². The molecule has 0 amide bonds. The molecule has 0 saturated heterocycles. The zero-order valence-corrected chi connectivity index (χ0v) is 5.98. The van der Waals surface area contributed by atoms with E-state index in [2.05, 4.69) is 10.1 Å². The Labute approximate surface area is 66.7 Å². The summed E-state index contributed by atoms with van der Waals surface area (Å²) in [4.78, 5) is 3.87. The van der Waals surface area contributed by atoms with Gasteiger partial charge in [-0.25, -0.2) is 18.3 Å². The lowest BCUT2D eigenvalue weighted by Crippen LogP contribution is -1.96. The molecule has 0 N–H and O–H groups in total. The van der Waals surface area contributed by atoms with Gasteiger partial charge in [0.25, 0.3) is 6.43 Å². The van der Waals surface area contributed by atoms with Crippen molar-refractivity contribution >= 4 is 5.65 Å². The molecular weight excluding hydrogens is 164 g/mol. The SMILES string of the molecule is FC(F)c1ccc2nccn2n1. The summed E-state index contributed by atoms with van der Waals surface area (Å²) >= 11 is 0. The van der Waals surface area contributed by atoms with Crippen LogP contribution < -0.4 is 0 Å². The van der Waals surface area contributed by atoms with Crippen LogP contribution in [0.4, 0.5) is 8.78 Å². The maximum atomic E-state index is 12.1. The summed E-state index contributed by atoms with van der Waals surface area (Å²) in [7, 11) is 0. The van der Waals surface area contributed by atoms with Gasteiger partial charge in [-0.05, 0) is 12.1 Å². The van der Waals surface area contributed by atoms with Crippen LogP contribution in [-0.4, -0.2) is 14.6 Å². The molecule has 2 heterocycles. The maximum absolute atomic E-state index is 12.1. The van der Waals surface area contributed by atoms with Crippen LogP contribution in [0.15, 0.2) is 24.5 Å². The zero-order valence-electron chi connectivity index (χ0n) is 5.98. The van der Waals surface area contributed by atoms with E-state index in [1.807, 2.05) is 0 Å². The van der Waals surface area contributed by atoms with Gasteiger partial charge in [0.2, 0.25) is 0 Å².